The highest BCUT2D eigenvalue weighted by Crippen LogP contribution is 2.34. The van der Waals surface area contributed by atoms with Crippen molar-refractivity contribution in [3.63, 3.8) is 0 Å². The minimum atomic E-state index is 0.672. The summed E-state index contributed by atoms with van der Waals surface area (Å²) in [5.41, 5.74) is 0. The second-order valence-corrected chi connectivity index (χ2v) is 7.89. The van der Waals surface area contributed by atoms with Gasteiger partial charge in [-0.2, -0.15) is 0 Å². The molecule has 0 aliphatic heterocycles. The van der Waals surface area contributed by atoms with E-state index in [0.717, 1.165) is 0 Å². The molecule has 17 heavy (non-hydrogen) atoms. The highest BCUT2D eigenvalue weighted by atomic mass is 32.2. The molecule has 0 bridgehead atoms. The number of hydrogen-bond donors (Lipinski definition) is 0. The van der Waals surface area contributed by atoms with E-state index in [0.29, 0.717) is 11.8 Å². The SMILES string of the molecule is S=C(SC(=S)C1CCCCC1)C1CCCCC1. The summed E-state index contributed by atoms with van der Waals surface area (Å²) in [5, 5.41) is 0. The maximum Gasteiger partial charge on any atom is 0.0563 e. The van der Waals surface area contributed by atoms with Crippen LogP contribution in [0.1, 0.15) is 64.2 Å². The van der Waals surface area contributed by atoms with Crippen LogP contribution in [0.2, 0.25) is 0 Å². The van der Waals surface area contributed by atoms with E-state index in [2.05, 4.69) is 0 Å². The van der Waals surface area contributed by atoms with Crippen molar-refractivity contribution in [2.45, 2.75) is 64.2 Å². The van der Waals surface area contributed by atoms with E-state index in [1.165, 1.54) is 72.6 Å². The molecule has 0 atom stereocenters. The summed E-state index contributed by atoms with van der Waals surface area (Å²) < 4.78 is 2.39. The molecule has 0 N–H and O–H groups in total. The first-order valence-electron chi connectivity index (χ1n) is 7.03. The van der Waals surface area contributed by atoms with Crippen LogP contribution in [0, 0.1) is 11.8 Å². The number of hydrogen-bond acceptors (Lipinski definition) is 3. The molecule has 2 aliphatic rings. The Balaban J connectivity index is 1.78. The van der Waals surface area contributed by atoms with Crippen molar-refractivity contribution in [2.75, 3.05) is 0 Å². The molecule has 0 radical (unpaired) electrons. The van der Waals surface area contributed by atoms with Crippen molar-refractivity contribution in [1.29, 1.82) is 0 Å². The standard InChI is InChI=1S/C14H22S3/c15-13(11-7-3-1-4-8-11)17-14(16)12-9-5-2-6-10-12/h11-12H,1-10H2. The Morgan fingerprint density at radius 3 is 1.35 bits per heavy atom. The topological polar surface area (TPSA) is 0 Å². The van der Waals surface area contributed by atoms with Crippen LogP contribution >= 0.6 is 36.2 Å². The number of thiocarbonyl (C=S) groups is 2. The third-order valence-electron chi connectivity index (χ3n) is 4.08. The van der Waals surface area contributed by atoms with Gasteiger partial charge in [0.15, 0.2) is 0 Å². The molecule has 96 valence electrons. The van der Waals surface area contributed by atoms with Crippen LogP contribution < -0.4 is 0 Å². The van der Waals surface area contributed by atoms with Gasteiger partial charge in [0.05, 0.1) is 8.39 Å². The van der Waals surface area contributed by atoms with Crippen LogP contribution in [-0.4, -0.2) is 8.39 Å². The Hall–Kier alpha value is 0.530. The molecule has 0 saturated heterocycles. The lowest BCUT2D eigenvalue weighted by Gasteiger charge is -2.25. The lowest BCUT2D eigenvalue weighted by Crippen LogP contribution is -2.18. The fourth-order valence-electron chi connectivity index (χ4n) is 2.94. The average Bonchev–Trinajstić information content (AvgIpc) is 2.40. The maximum absolute atomic E-state index is 5.59. The third kappa shape index (κ3) is 4.29. The average molecular weight is 287 g/mol. The lowest BCUT2D eigenvalue weighted by atomic mass is 9.90. The Bertz CT molecular complexity index is 245. The van der Waals surface area contributed by atoms with E-state index < -0.39 is 0 Å². The van der Waals surface area contributed by atoms with Gasteiger partial charge in [-0.1, -0.05) is 74.7 Å². The quantitative estimate of drug-likeness (QED) is 0.612. The van der Waals surface area contributed by atoms with Gasteiger partial charge in [0.2, 0.25) is 0 Å². The smallest absolute Gasteiger partial charge is 0.0563 e. The van der Waals surface area contributed by atoms with Gasteiger partial charge in [0, 0.05) is 11.8 Å². The molecule has 0 aromatic heterocycles. The summed E-state index contributed by atoms with van der Waals surface area (Å²) in [5.74, 6) is 1.34. The Labute approximate surface area is 120 Å². The summed E-state index contributed by atoms with van der Waals surface area (Å²) in [4.78, 5) is 0. The second kappa shape index (κ2) is 7.20. The largest absolute Gasteiger partial charge is 0.0767 e. The predicted octanol–water partition coefficient (Wildman–Crippen LogP) is 5.54. The van der Waals surface area contributed by atoms with Gasteiger partial charge in [0.1, 0.15) is 0 Å². The third-order valence-corrected chi connectivity index (χ3v) is 6.31. The van der Waals surface area contributed by atoms with Crippen LogP contribution in [0.15, 0.2) is 0 Å². The first-order valence-corrected chi connectivity index (χ1v) is 8.66. The fourth-order valence-corrected chi connectivity index (χ4v) is 5.11. The van der Waals surface area contributed by atoms with E-state index in [9.17, 15) is 0 Å². The number of rotatable bonds is 2. The van der Waals surface area contributed by atoms with Crippen molar-refractivity contribution < 1.29 is 0 Å². The van der Waals surface area contributed by atoms with Crippen molar-refractivity contribution >= 4 is 44.6 Å². The van der Waals surface area contributed by atoms with E-state index in [1.54, 1.807) is 11.8 Å². The summed E-state index contributed by atoms with van der Waals surface area (Å²) in [6.07, 6.45) is 13.5. The van der Waals surface area contributed by atoms with Crippen LogP contribution in [-0.2, 0) is 0 Å². The second-order valence-electron chi connectivity index (χ2n) is 5.41. The van der Waals surface area contributed by atoms with Crippen LogP contribution in [0.4, 0.5) is 0 Å². The molecule has 0 aromatic rings. The molecule has 0 aromatic carbocycles. The van der Waals surface area contributed by atoms with Crippen LogP contribution in [0.5, 0.6) is 0 Å². The molecule has 2 saturated carbocycles. The highest BCUT2D eigenvalue weighted by Gasteiger charge is 2.23. The van der Waals surface area contributed by atoms with Crippen LogP contribution in [0.3, 0.4) is 0 Å². The Morgan fingerprint density at radius 2 is 1.00 bits per heavy atom. The maximum atomic E-state index is 5.59. The molecule has 2 rings (SSSR count). The molecular weight excluding hydrogens is 264 g/mol. The summed E-state index contributed by atoms with van der Waals surface area (Å²) in [6, 6.07) is 0. The van der Waals surface area contributed by atoms with Gasteiger partial charge in [-0.3, -0.25) is 0 Å². The summed E-state index contributed by atoms with van der Waals surface area (Å²) in [6.45, 7) is 0. The van der Waals surface area contributed by atoms with Crippen molar-refractivity contribution in [3.8, 4) is 0 Å². The Morgan fingerprint density at radius 1 is 0.647 bits per heavy atom. The van der Waals surface area contributed by atoms with E-state index >= 15 is 0 Å². The molecule has 3 heteroatoms. The van der Waals surface area contributed by atoms with E-state index in [-0.39, 0.29) is 0 Å². The number of thioether (sulfide) groups is 1. The van der Waals surface area contributed by atoms with Gasteiger partial charge >= 0.3 is 0 Å². The molecule has 0 spiro atoms. The van der Waals surface area contributed by atoms with Crippen molar-refractivity contribution in [2.24, 2.45) is 11.8 Å². The zero-order chi connectivity index (χ0) is 12.1. The molecule has 0 unspecified atom stereocenters. The van der Waals surface area contributed by atoms with Gasteiger partial charge < -0.3 is 0 Å². The van der Waals surface area contributed by atoms with E-state index in [4.69, 9.17) is 24.4 Å². The van der Waals surface area contributed by atoms with Gasteiger partial charge in [-0.05, 0) is 25.7 Å². The highest BCUT2D eigenvalue weighted by molar-refractivity contribution is 8.38. The van der Waals surface area contributed by atoms with Gasteiger partial charge in [-0.25, -0.2) is 0 Å². The fraction of sp³-hybridized carbons (Fsp3) is 0.857. The summed E-state index contributed by atoms with van der Waals surface area (Å²) >= 11 is 13.0. The van der Waals surface area contributed by atoms with Gasteiger partial charge in [0.25, 0.3) is 0 Å². The molecule has 0 nitrogen and oxygen atoms in total. The summed E-state index contributed by atoms with van der Waals surface area (Å²) in [7, 11) is 0. The minimum Gasteiger partial charge on any atom is -0.0767 e. The molecule has 0 heterocycles. The lowest BCUT2D eigenvalue weighted by molar-refractivity contribution is 0.444. The molecule has 0 amide bonds. The first-order chi connectivity index (χ1) is 8.27. The molecule has 2 aliphatic carbocycles. The molecular formula is C14H22S3. The normalized spacial score (nSPS) is 23.5. The Kier molecular flexibility index (Phi) is 5.91. The minimum absolute atomic E-state index is 0.672. The van der Waals surface area contributed by atoms with E-state index in [1.807, 2.05) is 0 Å². The predicted molar refractivity (Wildman–Crippen MR) is 85.9 cm³/mol. The van der Waals surface area contributed by atoms with Crippen molar-refractivity contribution in [1.82, 2.24) is 0 Å². The monoisotopic (exact) mass is 286 g/mol. The zero-order valence-corrected chi connectivity index (χ0v) is 12.9. The molecule has 2 fully saturated rings. The zero-order valence-electron chi connectivity index (χ0n) is 10.5. The van der Waals surface area contributed by atoms with Gasteiger partial charge in [-0.15, -0.1) is 0 Å². The van der Waals surface area contributed by atoms with Crippen molar-refractivity contribution in [3.05, 3.63) is 0 Å². The first kappa shape index (κ1) is 14.0. The van der Waals surface area contributed by atoms with Crippen LogP contribution in [0.25, 0.3) is 0 Å².